The Bertz CT molecular complexity index is 2930. The second-order valence-corrected chi connectivity index (χ2v) is 16.1. The quantitative estimate of drug-likeness (QED) is 0.128. The van der Waals surface area contributed by atoms with E-state index in [-0.39, 0.29) is 0 Å². The third-order valence-electron chi connectivity index (χ3n) is 10.3. The summed E-state index contributed by atoms with van der Waals surface area (Å²) >= 11 is 0. The zero-order valence-electron chi connectivity index (χ0n) is 28.7. The highest BCUT2D eigenvalue weighted by Gasteiger charge is 2.29. The number of aromatic nitrogens is 3. The van der Waals surface area contributed by atoms with E-state index >= 15 is 4.57 Å². The zero-order chi connectivity index (χ0) is 35.4. The zero-order valence-corrected chi connectivity index (χ0v) is 29.6. The fourth-order valence-corrected chi connectivity index (χ4v) is 10.4. The van der Waals surface area contributed by atoms with Gasteiger partial charge in [0, 0.05) is 55.6 Å². The Morgan fingerprint density at radius 2 is 1.02 bits per heavy atom. The van der Waals surface area contributed by atoms with E-state index in [0.717, 1.165) is 71.5 Å². The molecule has 10 rings (SSSR count). The Labute approximate surface area is 307 Å². The van der Waals surface area contributed by atoms with Crippen LogP contribution in [-0.4, -0.2) is 14.4 Å². The molecule has 0 N–H and O–H groups in total. The van der Waals surface area contributed by atoms with E-state index in [9.17, 15) is 0 Å². The van der Waals surface area contributed by atoms with E-state index in [0.29, 0.717) is 0 Å². The van der Waals surface area contributed by atoms with E-state index < -0.39 is 7.14 Å². The topological polar surface area (TPSA) is 47.3 Å². The monoisotopic (exact) mass is 697 g/mol. The van der Waals surface area contributed by atoms with Crippen molar-refractivity contribution in [1.82, 2.24) is 14.4 Å². The van der Waals surface area contributed by atoms with Crippen LogP contribution in [0.2, 0.25) is 0 Å². The van der Waals surface area contributed by atoms with Crippen LogP contribution in [0.25, 0.3) is 71.7 Å². The second-order valence-electron chi connectivity index (χ2n) is 13.4. The summed E-state index contributed by atoms with van der Waals surface area (Å²) in [6.45, 7) is 0. The van der Waals surface area contributed by atoms with Crippen LogP contribution in [0, 0.1) is 0 Å². The average molecular weight is 698 g/mol. The molecule has 250 valence electrons. The third kappa shape index (κ3) is 5.18. The molecule has 3 heterocycles. The van der Waals surface area contributed by atoms with E-state index in [4.69, 9.17) is 9.97 Å². The first-order valence-corrected chi connectivity index (χ1v) is 19.5. The fraction of sp³-hybridized carbons (Fsp3) is 0. The molecule has 0 bridgehead atoms. The molecule has 0 unspecified atom stereocenters. The summed E-state index contributed by atoms with van der Waals surface area (Å²) in [4.78, 5) is 10.2. The van der Waals surface area contributed by atoms with Gasteiger partial charge in [-0.3, -0.25) is 0 Å². The lowest BCUT2D eigenvalue weighted by Gasteiger charge is -2.20. The largest absolute Gasteiger partial charge is 0.309 e. The second kappa shape index (κ2) is 12.6. The smallest absolute Gasteiger partial charge is 0.171 e. The average Bonchev–Trinajstić information content (AvgIpc) is 3.68. The molecular weight excluding hydrogens is 666 g/mol. The number of hydrogen-bond donors (Lipinski definition) is 0. The summed E-state index contributed by atoms with van der Waals surface area (Å²) in [5.74, 6) is 0. The number of para-hydroxylation sites is 1. The minimum Gasteiger partial charge on any atom is -0.309 e. The van der Waals surface area contributed by atoms with Gasteiger partial charge in [0.2, 0.25) is 0 Å². The van der Waals surface area contributed by atoms with Gasteiger partial charge in [-0.15, -0.1) is 0 Å². The van der Waals surface area contributed by atoms with Crippen LogP contribution in [0.1, 0.15) is 0 Å². The number of fused-ring (bicyclic) bond motifs is 6. The van der Waals surface area contributed by atoms with Crippen molar-refractivity contribution in [2.75, 3.05) is 0 Å². The van der Waals surface area contributed by atoms with Gasteiger partial charge in [-0.05, 0) is 46.2 Å². The fourth-order valence-electron chi connectivity index (χ4n) is 7.72. The molecule has 0 fully saturated rings. The molecule has 0 amide bonds. The molecule has 7 aromatic carbocycles. The first-order valence-electron chi connectivity index (χ1n) is 17.8. The number of pyridine rings is 2. The molecule has 10 aromatic rings. The van der Waals surface area contributed by atoms with Crippen molar-refractivity contribution in [3.8, 4) is 33.6 Å². The molecule has 0 radical (unpaired) electrons. The maximum atomic E-state index is 15.1. The predicted octanol–water partition coefficient (Wildman–Crippen LogP) is 10.8. The van der Waals surface area contributed by atoms with Crippen molar-refractivity contribution >= 4 is 61.2 Å². The summed E-state index contributed by atoms with van der Waals surface area (Å²) < 4.78 is 17.2. The van der Waals surface area contributed by atoms with Crippen LogP contribution in [0.4, 0.5) is 0 Å². The van der Waals surface area contributed by atoms with Crippen molar-refractivity contribution in [2.24, 2.45) is 0 Å². The Kier molecular flexibility index (Phi) is 7.38. The molecule has 3 aromatic heterocycles. The summed E-state index contributed by atoms with van der Waals surface area (Å²) in [5, 5.41) is 8.15. The van der Waals surface area contributed by atoms with Crippen LogP contribution in [0.3, 0.4) is 0 Å². The van der Waals surface area contributed by atoms with Crippen LogP contribution in [0.15, 0.2) is 194 Å². The Morgan fingerprint density at radius 1 is 0.453 bits per heavy atom. The summed E-state index contributed by atoms with van der Waals surface area (Å²) in [6.07, 6.45) is 4.10. The molecule has 4 nitrogen and oxygen atoms in total. The van der Waals surface area contributed by atoms with E-state index in [1.54, 1.807) is 0 Å². The lowest BCUT2D eigenvalue weighted by Crippen LogP contribution is -2.24. The molecule has 53 heavy (non-hydrogen) atoms. The summed E-state index contributed by atoms with van der Waals surface area (Å²) in [5.41, 5.74) is 8.01. The molecule has 0 atom stereocenters. The number of rotatable bonds is 6. The Balaban J connectivity index is 1.16. The van der Waals surface area contributed by atoms with Gasteiger partial charge in [0.25, 0.3) is 0 Å². The highest BCUT2D eigenvalue weighted by atomic mass is 31.2. The molecule has 0 saturated carbocycles. The number of benzene rings is 7. The van der Waals surface area contributed by atoms with Crippen molar-refractivity contribution in [3.05, 3.63) is 194 Å². The maximum Gasteiger partial charge on any atom is 0.171 e. The normalized spacial score (nSPS) is 11.8. The van der Waals surface area contributed by atoms with E-state index in [1.165, 1.54) is 16.2 Å². The molecular formula is C48H32N3OP. The van der Waals surface area contributed by atoms with Gasteiger partial charge < -0.3 is 8.97 Å². The number of hydrogen-bond acceptors (Lipinski definition) is 3. The molecule has 0 saturated heterocycles. The number of imidazole rings is 1. The highest BCUT2D eigenvalue weighted by Crippen LogP contribution is 2.44. The van der Waals surface area contributed by atoms with Gasteiger partial charge in [-0.2, -0.15) is 0 Å². The molecule has 0 aliphatic heterocycles. The summed E-state index contributed by atoms with van der Waals surface area (Å²) in [7, 11) is -3.12. The van der Waals surface area contributed by atoms with Gasteiger partial charge in [-0.1, -0.05) is 158 Å². The first kappa shape index (κ1) is 31.2. The van der Waals surface area contributed by atoms with Crippen molar-refractivity contribution in [2.45, 2.75) is 0 Å². The summed E-state index contributed by atoms with van der Waals surface area (Å²) in [6, 6.07) is 62.0. The van der Waals surface area contributed by atoms with E-state index in [1.807, 2.05) is 108 Å². The lowest BCUT2D eigenvalue weighted by atomic mass is 9.89. The van der Waals surface area contributed by atoms with Gasteiger partial charge in [0.15, 0.2) is 7.14 Å². The van der Waals surface area contributed by atoms with E-state index in [2.05, 4.69) is 91.1 Å². The molecule has 0 spiro atoms. The molecule has 5 heteroatoms. The van der Waals surface area contributed by atoms with Gasteiger partial charge in [-0.25, -0.2) is 9.97 Å². The van der Waals surface area contributed by atoms with Crippen LogP contribution in [0.5, 0.6) is 0 Å². The van der Waals surface area contributed by atoms with Gasteiger partial charge >= 0.3 is 0 Å². The minimum absolute atomic E-state index is 0.792. The molecule has 0 aliphatic rings. The minimum atomic E-state index is -3.12. The van der Waals surface area contributed by atoms with Crippen molar-refractivity contribution < 1.29 is 4.57 Å². The van der Waals surface area contributed by atoms with Crippen LogP contribution >= 0.6 is 7.14 Å². The predicted molar refractivity (Wildman–Crippen MR) is 221 cm³/mol. The van der Waals surface area contributed by atoms with Crippen LogP contribution < -0.4 is 15.9 Å². The van der Waals surface area contributed by atoms with Crippen LogP contribution in [-0.2, 0) is 4.57 Å². The molecule has 0 aliphatic carbocycles. The van der Waals surface area contributed by atoms with Gasteiger partial charge in [0.05, 0.1) is 16.9 Å². The first-order chi connectivity index (χ1) is 26.1. The van der Waals surface area contributed by atoms with Gasteiger partial charge in [0.1, 0.15) is 5.65 Å². The lowest BCUT2D eigenvalue weighted by molar-refractivity contribution is 0.592. The highest BCUT2D eigenvalue weighted by molar-refractivity contribution is 7.85. The van der Waals surface area contributed by atoms with Crippen molar-refractivity contribution in [1.29, 1.82) is 0 Å². The number of nitrogens with zero attached hydrogens (tertiary/aromatic N) is 3. The maximum absolute atomic E-state index is 15.1. The Morgan fingerprint density at radius 3 is 1.72 bits per heavy atom. The standard InChI is InChI=1S/C48H32N3OP/c52-53(36-13-3-1-4-14-36,37-15-5-2-6-16-37)38-28-26-35(27-29-38)48-43-31-42(33-22-24-34(25-23-33)45-32-51-30-12-11-21-46(51)49-45)39-17-7-8-18-40(39)47(43)41-19-9-10-20-44(41)50-48/h1-32H. The van der Waals surface area contributed by atoms with Crippen molar-refractivity contribution in [3.63, 3.8) is 0 Å². The SMILES string of the molecule is O=P(c1ccccc1)(c1ccccc1)c1ccc(-c2nc3ccccc3c3c2cc(-c2ccc(-c4cn5ccccc5n4)cc2)c2ccccc23)cc1. The Hall–Kier alpha value is -6.61. The third-order valence-corrected chi connectivity index (χ3v) is 13.4.